The summed E-state index contributed by atoms with van der Waals surface area (Å²) in [6.45, 7) is 8.66. The van der Waals surface area contributed by atoms with Gasteiger partial charge in [0, 0.05) is 37.8 Å². The second-order valence-corrected chi connectivity index (χ2v) is 8.43. The molecular formula is C22H36N4O. The molecule has 2 fully saturated rings. The SMILES string of the molecule is CC1NNC(C)C1CCCN(C)C(=O)c1ccc(CN2CCCCC2)cc1. The van der Waals surface area contributed by atoms with Crippen LogP contribution in [0.4, 0.5) is 0 Å². The first-order chi connectivity index (χ1) is 13.0. The lowest BCUT2D eigenvalue weighted by Crippen LogP contribution is -2.30. The van der Waals surface area contributed by atoms with E-state index in [0.29, 0.717) is 18.0 Å². The molecule has 2 saturated heterocycles. The van der Waals surface area contributed by atoms with E-state index in [1.165, 1.54) is 37.9 Å². The molecule has 27 heavy (non-hydrogen) atoms. The number of likely N-dealkylation sites (tertiary alicyclic amines) is 1. The van der Waals surface area contributed by atoms with Crippen molar-refractivity contribution in [2.75, 3.05) is 26.7 Å². The van der Waals surface area contributed by atoms with E-state index in [2.05, 4.69) is 41.7 Å². The van der Waals surface area contributed by atoms with Gasteiger partial charge in [0.25, 0.3) is 5.91 Å². The van der Waals surface area contributed by atoms with Gasteiger partial charge in [-0.05, 0) is 76.2 Å². The van der Waals surface area contributed by atoms with Gasteiger partial charge in [-0.25, -0.2) is 0 Å². The van der Waals surface area contributed by atoms with Gasteiger partial charge >= 0.3 is 0 Å². The number of hydrogen-bond donors (Lipinski definition) is 2. The molecule has 1 amide bonds. The second-order valence-electron chi connectivity index (χ2n) is 8.43. The van der Waals surface area contributed by atoms with Crippen LogP contribution in [-0.4, -0.2) is 54.5 Å². The predicted molar refractivity (Wildman–Crippen MR) is 110 cm³/mol. The Kier molecular flexibility index (Phi) is 7.27. The summed E-state index contributed by atoms with van der Waals surface area (Å²) in [6.07, 6.45) is 6.16. The van der Waals surface area contributed by atoms with Gasteiger partial charge in [-0.2, -0.15) is 0 Å². The molecule has 5 heteroatoms. The van der Waals surface area contributed by atoms with E-state index >= 15 is 0 Å². The van der Waals surface area contributed by atoms with Crippen LogP contribution in [0.15, 0.2) is 24.3 Å². The molecule has 2 N–H and O–H groups in total. The van der Waals surface area contributed by atoms with Crippen LogP contribution in [0.3, 0.4) is 0 Å². The molecule has 2 aliphatic rings. The lowest BCUT2D eigenvalue weighted by molar-refractivity contribution is 0.0790. The van der Waals surface area contributed by atoms with E-state index in [1.807, 2.05) is 24.1 Å². The number of carbonyl (C=O) groups is 1. The molecule has 1 aromatic carbocycles. The first-order valence-electron chi connectivity index (χ1n) is 10.6. The Morgan fingerprint density at radius 1 is 1.07 bits per heavy atom. The number of nitrogens with one attached hydrogen (secondary N) is 2. The van der Waals surface area contributed by atoms with Crippen molar-refractivity contribution in [1.29, 1.82) is 0 Å². The highest BCUT2D eigenvalue weighted by Crippen LogP contribution is 2.20. The first kappa shape index (κ1) is 20.3. The molecule has 0 aromatic heterocycles. The molecule has 2 heterocycles. The summed E-state index contributed by atoms with van der Waals surface area (Å²) in [6, 6.07) is 9.21. The van der Waals surface area contributed by atoms with E-state index in [-0.39, 0.29) is 5.91 Å². The largest absolute Gasteiger partial charge is 0.342 e. The van der Waals surface area contributed by atoms with Crippen molar-refractivity contribution >= 4 is 5.91 Å². The number of benzene rings is 1. The third kappa shape index (κ3) is 5.53. The monoisotopic (exact) mass is 372 g/mol. The molecule has 2 aliphatic heterocycles. The van der Waals surface area contributed by atoms with Crippen LogP contribution in [0.5, 0.6) is 0 Å². The predicted octanol–water partition coefficient (Wildman–Crippen LogP) is 3.03. The minimum Gasteiger partial charge on any atom is -0.342 e. The van der Waals surface area contributed by atoms with Crippen LogP contribution < -0.4 is 10.9 Å². The molecule has 2 unspecified atom stereocenters. The topological polar surface area (TPSA) is 47.6 Å². The van der Waals surface area contributed by atoms with Crippen LogP contribution in [-0.2, 0) is 6.54 Å². The minimum atomic E-state index is 0.128. The molecule has 2 atom stereocenters. The van der Waals surface area contributed by atoms with Crippen molar-refractivity contribution in [2.24, 2.45) is 5.92 Å². The van der Waals surface area contributed by atoms with Crippen LogP contribution in [0.25, 0.3) is 0 Å². The van der Waals surface area contributed by atoms with Crippen LogP contribution >= 0.6 is 0 Å². The van der Waals surface area contributed by atoms with Crippen LogP contribution in [0, 0.1) is 5.92 Å². The van der Waals surface area contributed by atoms with Crippen molar-refractivity contribution < 1.29 is 4.79 Å². The summed E-state index contributed by atoms with van der Waals surface area (Å²) in [7, 11) is 1.92. The number of rotatable bonds is 7. The lowest BCUT2D eigenvalue weighted by atomic mass is 9.91. The Balaban J connectivity index is 1.45. The fourth-order valence-corrected chi connectivity index (χ4v) is 4.42. The van der Waals surface area contributed by atoms with Gasteiger partial charge in [-0.3, -0.25) is 20.5 Å². The van der Waals surface area contributed by atoms with Crippen molar-refractivity contribution in [3.05, 3.63) is 35.4 Å². The number of hydrogen-bond acceptors (Lipinski definition) is 4. The summed E-state index contributed by atoms with van der Waals surface area (Å²) < 4.78 is 0. The lowest BCUT2D eigenvalue weighted by Gasteiger charge is -2.26. The number of nitrogens with zero attached hydrogens (tertiary/aromatic N) is 2. The third-order valence-corrected chi connectivity index (χ3v) is 6.26. The van der Waals surface area contributed by atoms with Gasteiger partial charge < -0.3 is 4.90 Å². The molecule has 0 radical (unpaired) electrons. The molecule has 150 valence electrons. The Morgan fingerprint density at radius 2 is 1.70 bits per heavy atom. The fourth-order valence-electron chi connectivity index (χ4n) is 4.42. The second kappa shape index (κ2) is 9.67. The number of amides is 1. The Labute approximate surface area is 164 Å². The number of hydrazine groups is 1. The Bertz CT molecular complexity index is 587. The van der Waals surface area contributed by atoms with Crippen molar-refractivity contribution in [3.8, 4) is 0 Å². The molecule has 5 nitrogen and oxygen atoms in total. The maximum atomic E-state index is 12.7. The van der Waals surface area contributed by atoms with Gasteiger partial charge in [0.1, 0.15) is 0 Å². The average molecular weight is 373 g/mol. The van der Waals surface area contributed by atoms with E-state index in [0.717, 1.165) is 31.5 Å². The maximum absolute atomic E-state index is 12.7. The Hall–Kier alpha value is -1.43. The number of piperidine rings is 1. The molecule has 0 spiro atoms. The summed E-state index contributed by atoms with van der Waals surface area (Å²) in [4.78, 5) is 17.1. The molecule has 0 aliphatic carbocycles. The highest BCUT2D eigenvalue weighted by Gasteiger charge is 2.29. The molecule has 0 bridgehead atoms. The summed E-state index contributed by atoms with van der Waals surface area (Å²) in [5.74, 6) is 0.755. The van der Waals surface area contributed by atoms with Crippen molar-refractivity contribution in [2.45, 2.75) is 64.6 Å². The van der Waals surface area contributed by atoms with Gasteiger partial charge in [0.15, 0.2) is 0 Å². The fraction of sp³-hybridized carbons (Fsp3) is 0.682. The van der Waals surface area contributed by atoms with Gasteiger partial charge in [-0.15, -0.1) is 0 Å². The standard InChI is InChI=1S/C22H36N4O/c1-17-21(18(2)24-23-17)8-7-13-25(3)22(27)20-11-9-19(10-12-20)16-26-14-5-4-6-15-26/h9-12,17-18,21,23-24H,4-8,13-16H2,1-3H3. The van der Waals surface area contributed by atoms with E-state index in [9.17, 15) is 4.79 Å². The highest BCUT2D eigenvalue weighted by molar-refractivity contribution is 5.94. The van der Waals surface area contributed by atoms with Crippen molar-refractivity contribution in [3.63, 3.8) is 0 Å². The van der Waals surface area contributed by atoms with Crippen LogP contribution in [0.1, 0.15) is 61.9 Å². The normalized spacial score (nSPS) is 26.3. The zero-order valence-corrected chi connectivity index (χ0v) is 17.2. The molecule has 1 aromatic rings. The van der Waals surface area contributed by atoms with Crippen LogP contribution in [0.2, 0.25) is 0 Å². The first-order valence-corrected chi connectivity index (χ1v) is 10.6. The molecule has 0 saturated carbocycles. The van der Waals surface area contributed by atoms with Gasteiger partial charge in [-0.1, -0.05) is 18.6 Å². The minimum absolute atomic E-state index is 0.128. The van der Waals surface area contributed by atoms with E-state index in [4.69, 9.17) is 0 Å². The Morgan fingerprint density at radius 3 is 2.33 bits per heavy atom. The summed E-state index contributed by atoms with van der Waals surface area (Å²) in [5, 5.41) is 0. The quantitative estimate of drug-likeness (QED) is 0.772. The van der Waals surface area contributed by atoms with Crippen molar-refractivity contribution in [1.82, 2.24) is 20.7 Å². The third-order valence-electron chi connectivity index (χ3n) is 6.26. The summed E-state index contributed by atoms with van der Waals surface area (Å²) >= 11 is 0. The smallest absolute Gasteiger partial charge is 0.253 e. The zero-order chi connectivity index (χ0) is 19.2. The zero-order valence-electron chi connectivity index (χ0n) is 17.2. The van der Waals surface area contributed by atoms with Gasteiger partial charge in [0.05, 0.1) is 0 Å². The van der Waals surface area contributed by atoms with E-state index < -0.39 is 0 Å². The number of carbonyl (C=O) groups excluding carboxylic acids is 1. The highest BCUT2D eigenvalue weighted by atomic mass is 16.2. The average Bonchev–Trinajstić information content (AvgIpc) is 3.01. The summed E-state index contributed by atoms with van der Waals surface area (Å²) in [5.41, 5.74) is 8.72. The maximum Gasteiger partial charge on any atom is 0.253 e. The van der Waals surface area contributed by atoms with Gasteiger partial charge in [0.2, 0.25) is 0 Å². The molecular weight excluding hydrogens is 336 g/mol. The molecule has 3 rings (SSSR count). The van der Waals surface area contributed by atoms with E-state index in [1.54, 1.807) is 0 Å².